The van der Waals surface area contributed by atoms with Crippen molar-refractivity contribution < 1.29 is 22.7 Å². The van der Waals surface area contributed by atoms with Crippen LogP contribution in [0.1, 0.15) is 32.6 Å². The van der Waals surface area contributed by atoms with Crippen molar-refractivity contribution in [1.82, 2.24) is 0 Å². The minimum absolute atomic E-state index is 0.0342. The van der Waals surface area contributed by atoms with Crippen molar-refractivity contribution in [1.29, 1.82) is 0 Å². The standard InChI is InChI=1S/C29H27NO5S/c1-20-17-26(36(32,33)24-15-13-23(34-2)14-16-24)28(30)25(18-21-9-5-3-6-10-21)27(20)29(31)35-19-22-11-7-4-8-12-22/h3-17H,18-19,30H2,1-2H3. The average molecular weight is 502 g/mol. The summed E-state index contributed by atoms with van der Waals surface area (Å²) >= 11 is 0. The van der Waals surface area contributed by atoms with E-state index in [4.69, 9.17) is 15.2 Å². The van der Waals surface area contributed by atoms with Gasteiger partial charge in [0.25, 0.3) is 0 Å². The van der Waals surface area contributed by atoms with Crippen molar-refractivity contribution >= 4 is 21.5 Å². The third-order valence-corrected chi connectivity index (χ3v) is 7.74. The number of methoxy groups -OCH3 is 1. The maximum Gasteiger partial charge on any atom is 0.339 e. The molecule has 0 atom stereocenters. The summed E-state index contributed by atoms with van der Waals surface area (Å²) in [5, 5.41) is 0. The average Bonchev–Trinajstić information content (AvgIpc) is 2.90. The predicted molar refractivity (Wildman–Crippen MR) is 139 cm³/mol. The van der Waals surface area contributed by atoms with Crippen molar-refractivity contribution in [3.05, 3.63) is 119 Å². The quantitative estimate of drug-likeness (QED) is 0.258. The van der Waals surface area contributed by atoms with Crippen LogP contribution in [-0.4, -0.2) is 21.5 Å². The number of nitrogen functional groups attached to an aromatic ring is 1. The SMILES string of the molecule is COc1ccc(S(=O)(=O)c2cc(C)c(C(=O)OCc3ccccc3)c(Cc3ccccc3)c2N)cc1. The molecule has 0 saturated heterocycles. The minimum Gasteiger partial charge on any atom is -0.497 e. The summed E-state index contributed by atoms with van der Waals surface area (Å²) in [5.41, 5.74) is 9.46. The van der Waals surface area contributed by atoms with Crippen LogP contribution in [0.2, 0.25) is 0 Å². The van der Waals surface area contributed by atoms with E-state index < -0.39 is 15.8 Å². The molecule has 0 spiro atoms. The number of hydrogen-bond acceptors (Lipinski definition) is 6. The molecule has 0 aliphatic carbocycles. The van der Waals surface area contributed by atoms with Crippen molar-refractivity contribution in [3.8, 4) is 5.75 Å². The Kier molecular flexibility index (Phi) is 7.41. The summed E-state index contributed by atoms with van der Waals surface area (Å²) in [5.74, 6) is -0.0123. The number of benzene rings is 4. The van der Waals surface area contributed by atoms with Gasteiger partial charge >= 0.3 is 5.97 Å². The monoisotopic (exact) mass is 501 g/mol. The van der Waals surface area contributed by atoms with E-state index in [1.54, 1.807) is 19.1 Å². The minimum atomic E-state index is -3.96. The number of esters is 1. The molecule has 6 nitrogen and oxygen atoms in total. The van der Waals surface area contributed by atoms with Gasteiger partial charge in [-0.3, -0.25) is 0 Å². The van der Waals surface area contributed by atoms with Crippen molar-refractivity contribution in [2.24, 2.45) is 0 Å². The lowest BCUT2D eigenvalue weighted by Crippen LogP contribution is -2.16. The van der Waals surface area contributed by atoms with Gasteiger partial charge in [0.2, 0.25) is 9.84 Å². The first kappa shape index (κ1) is 25.0. The van der Waals surface area contributed by atoms with Crippen LogP contribution in [-0.2, 0) is 27.6 Å². The van der Waals surface area contributed by atoms with Crippen LogP contribution in [0.15, 0.2) is 101 Å². The molecule has 0 bridgehead atoms. The van der Waals surface area contributed by atoms with Crippen LogP contribution in [0, 0.1) is 6.92 Å². The topological polar surface area (TPSA) is 95.7 Å². The van der Waals surface area contributed by atoms with Crippen molar-refractivity contribution in [2.45, 2.75) is 29.7 Å². The molecule has 4 aromatic carbocycles. The molecule has 0 saturated carbocycles. The first-order valence-electron chi connectivity index (χ1n) is 11.4. The summed E-state index contributed by atoms with van der Waals surface area (Å²) in [4.78, 5) is 13.3. The second-order valence-corrected chi connectivity index (χ2v) is 10.3. The van der Waals surface area contributed by atoms with Gasteiger partial charge in [0.15, 0.2) is 0 Å². The number of carbonyl (C=O) groups is 1. The van der Waals surface area contributed by atoms with Crippen molar-refractivity contribution in [2.75, 3.05) is 12.8 Å². The summed E-state index contributed by atoms with van der Waals surface area (Å²) in [6, 6.07) is 26.3. The highest BCUT2D eigenvalue weighted by molar-refractivity contribution is 7.91. The Balaban J connectivity index is 1.79. The first-order chi connectivity index (χ1) is 17.3. The third kappa shape index (κ3) is 5.26. The van der Waals surface area contributed by atoms with E-state index in [0.717, 1.165) is 11.1 Å². The highest BCUT2D eigenvalue weighted by Crippen LogP contribution is 2.35. The number of ether oxygens (including phenoxy) is 2. The fourth-order valence-corrected chi connectivity index (χ4v) is 5.53. The number of carbonyl (C=O) groups excluding carboxylic acids is 1. The Bertz CT molecular complexity index is 1470. The lowest BCUT2D eigenvalue weighted by molar-refractivity contribution is 0.0470. The van der Waals surface area contributed by atoms with Crippen LogP contribution in [0.5, 0.6) is 5.75 Å². The Hall–Kier alpha value is -4.10. The third-order valence-electron chi connectivity index (χ3n) is 5.93. The molecule has 0 aliphatic heterocycles. The molecule has 0 unspecified atom stereocenters. The Labute approximate surface area is 211 Å². The Morgan fingerprint density at radius 3 is 2.03 bits per heavy atom. The van der Waals surface area contributed by atoms with E-state index in [1.807, 2.05) is 60.7 Å². The fraction of sp³-hybridized carbons (Fsp3) is 0.138. The molecule has 36 heavy (non-hydrogen) atoms. The number of rotatable bonds is 8. The zero-order chi connectivity index (χ0) is 25.7. The second kappa shape index (κ2) is 10.7. The van der Waals surface area contributed by atoms with Gasteiger partial charge in [0, 0.05) is 6.42 Å². The number of sulfone groups is 1. The summed E-state index contributed by atoms with van der Waals surface area (Å²) in [6.07, 6.45) is 0.273. The lowest BCUT2D eigenvalue weighted by atomic mass is 9.94. The molecule has 2 N–H and O–H groups in total. The van der Waals surface area contributed by atoms with Crippen LogP contribution < -0.4 is 10.5 Å². The molecule has 184 valence electrons. The number of hydrogen-bond donors (Lipinski definition) is 1. The van der Waals surface area contributed by atoms with Crippen LogP contribution >= 0.6 is 0 Å². The molecule has 4 aromatic rings. The molecule has 0 radical (unpaired) electrons. The molecule has 0 amide bonds. The lowest BCUT2D eigenvalue weighted by Gasteiger charge is -2.19. The smallest absolute Gasteiger partial charge is 0.339 e. The van der Waals surface area contributed by atoms with Gasteiger partial charge < -0.3 is 15.2 Å². The van der Waals surface area contributed by atoms with E-state index >= 15 is 0 Å². The summed E-state index contributed by atoms with van der Waals surface area (Å²) < 4.78 is 37.9. The van der Waals surface area contributed by atoms with Gasteiger partial charge in [-0.25, -0.2) is 13.2 Å². The number of nitrogens with two attached hydrogens (primary N) is 1. The zero-order valence-electron chi connectivity index (χ0n) is 20.1. The molecule has 0 aliphatic rings. The van der Waals surface area contributed by atoms with Gasteiger partial charge in [0.1, 0.15) is 12.4 Å². The molecule has 7 heteroatoms. The van der Waals surface area contributed by atoms with Gasteiger partial charge in [-0.05, 0) is 59.5 Å². The van der Waals surface area contributed by atoms with E-state index in [-0.39, 0.29) is 34.1 Å². The van der Waals surface area contributed by atoms with E-state index in [2.05, 4.69) is 0 Å². The van der Waals surface area contributed by atoms with Gasteiger partial charge in [-0.1, -0.05) is 60.7 Å². The molecule has 4 rings (SSSR count). The molecule has 0 fully saturated rings. The van der Waals surface area contributed by atoms with E-state index in [1.165, 1.54) is 25.3 Å². The highest BCUT2D eigenvalue weighted by atomic mass is 32.2. The van der Waals surface area contributed by atoms with E-state index in [9.17, 15) is 13.2 Å². The largest absolute Gasteiger partial charge is 0.497 e. The van der Waals surface area contributed by atoms with Crippen LogP contribution in [0.3, 0.4) is 0 Å². The van der Waals surface area contributed by atoms with Gasteiger partial charge in [-0.2, -0.15) is 0 Å². The van der Waals surface area contributed by atoms with Gasteiger partial charge in [0.05, 0.1) is 28.2 Å². The zero-order valence-corrected chi connectivity index (χ0v) is 20.9. The predicted octanol–water partition coefficient (Wildman–Crippen LogP) is 5.37. The molecule has 0 heterocycles. The normalized spacial score (nSPS) is 11.2. The summed E-state index contributed by atoms with van der Waals surface area (Å²) in [6.45, 7) is 1.79. The number of anilines is 1. The molecular formula is C29H27NO5S. The Morgan fingerprint density at radius 1 is 0.861 bits per heavy atom. The summed E-state index contributed by atoms with van der Waals surface area (Å²) in [7, 11) is -2.45. The number of aryl methyl sites for hydroxylation is 1. The van der Waals surface area contributed by atoms with Crippen LogP contribution in [0.25, 0.3) is 0 Å². The van der Waals surface area contributed by atoms with Gasteiger partial charge in [-0.15, -0.1) is 0 Å². The maximum atomic E-state index is 13.6. The fourth-order valence-electron chi connectivity index (χ4n) is 4.04. The highest BCUT2D eigenvalue weighted by Gasteiger charge is 2.28. The van der Waals surface area contributed by atoms with E-state index in [0.29, 0.717) is 16.9 Å². The second-order valence-electron chi connectivity index (χ2n) is 8.36. The maximum absolute atomic E-state index is 13.6. The van der Waals surface area contributed by atoms with Crippen molar-refractivity contribution in [3.63, 3.8) is 0 Å². The molecule has 0 aromatic heterocycles. The first-order valence-corrected chi connectivity index (χ1v) is 12.9. The van der Waals surface area contributed by atoms with Crippen LogP contribution in [0.4, 0.5) is 5.69 Å². The Morgan fingerprint density at radius 2 is 1.44 bits per heavy atom. The molecular weight excluding hydrogens is 474 g/mol.